The molecule has 1 saturated heterocycles. The lowest BCUT2D eigenvalue weighted by Gasteiger charge is -2.44. The normalized spacial score (nSPS) is 31.4. The van der Waals surface area contributed by atoms with Crippen LogP contribution in [0.15, 0.2) is 12.2 Å². The van der Waals surface area contributed by atoms with Gasteiger partial charge in [-0.05, 0) is 32.1 Å². The van der Waals surface area contributed by atoms with Crippen molar-refractivity contribution >= 4 is 0 Å². The Morgan fingerprint density at radius 2 is 2.00 bits per heavy atom. The van der Waals surface area contributed by atoms with Gasteiger partial charge in [0, 0.05) is 31.7 Å². The Balaban J connectivity index is 1.92. The number of hydrogen-bond acceptors (Lipinski definition) is 2. The lowest BCUT2D eigenvalue weighted by Crippen LogP contribution is -2.58. The van der Waals surface area contributed by atoms with Gasteiger partial charge in [0.05, 0.1) is 0 Å². The minimum atomic E-state index is 0.710. The van der Waals surface area contributed by atoms with E-state index in [9.17, 15) is 0 Å². The summed E-state index contributed by atoms with van der Waals surface area (Å²) in [6.07, 6.45) is 8.47. The van der Waals surface area contributed by atoms with Gasteiger partial charge in [0.25, 0.3) is 0 Å². The number of rotatable bonds is 4. The highest BCUT2D eigenvalue weighted by Gasteiger charge is 2.31. The second-order valence-electron chi connectivity index (χ2n) is 6.36. The smallest absolute Gasteiger partial charge is 0.0224 e. The van der Waals surface area contributed by atoms with E-state index in [0.717, 1.165) is 18.5 Å². The van der Waals surface area contributed by atoms with Gasteiger partial charge in [0.1, 0.15) is 0 Å². The van der Waals surface area contributed by atoms with Gasteiger partial charge >= 0.3 is 0 Å². The molecule has 104 valence electrons. The third-order valence-corrected chi connectivity index (χ3v) is 4.73. The van der Waals surface area contributed by atoms with E-state index in [2.05, 4.69) is 30.6 Å². The summed E-state index contributed by atoms with van der Waals surface area (Å²) in [5, 5.41) is 3.82. The van der Waals surface area contributed by atoms with Gasteiger partial charge in [0.15, 0.2) is 0 Å². The molecular weight excluding hydrogens is 220 g/mol. The van der Waals surface area contributed by atoms with Crippen molar-refractivity contribution in [1.82, 2.24) is 10.2 Å². The molecule has 18 heavy (non-hydrogen) atoms. The van der Waals surface area contributed by atoms with Crippen LogP contribution in [0.5, 0.6) is 0 Å². The zero-order valence-corrected chi connectivity index (χ0v) is 12.3. The first-order valence-electron chi connectivity index (χ1n) is 7.82. The van der Waals surface area contributed by atoms with Crippen LogP contribution in [0.25, 0.3) is 0 Å². The van der Waals surface area contributed by atoms with Gasteiger partial charge in [-0.3, -0.25) is 4.90 Å². The second kappa shape index (κ2) is 6.72. The summed E-state index contributed by atoms with van der Waals surface area (Å²) in [5.74, 6) is 0.921. The molecule has 0 spiro atoms. The van der Waals surface area contributed by atoms with Crippen LogP contribution in [-0.4, -0.2) is 36.6 Å². The van der Waals surface area contributed by atoms with Crippen LogP contribution in [0.2, 0.25) is 0 Å². The molecule has 1 aliphatic heterocycles. The van der Waals surface area contributed by atoms with Crippen LogP contribution in [-0.2, 0) is 0 Å². The van der Waals surface area contributed by atoms with Crippen molar-refractivity contribution in [3.63, 3.8) is 0 Å². The Morgan fingerprint density at radius 3 is 2.61 bits per heavy atom. The molecule has 1 aliphatic carbocycles. The van der Waals surface area contributed by atoms with Crippen LogP contribution in [0.4, 0.5) is 0 Å². The van der Waals surface area contributed by atoms with E-state index in [1.165, 1.54) is 57.2 Å². The third-order valence-electron chi connectivity index (χ3n) is 4.73. The molecule has 0 aromatic heterocycles. The number of nitrogens with one attached hydrogen (secondary N) is 1. The summed E-state index contributed by atoms with van der Waals surface area (Å²) in [7, 11) is 0. The minimum Gasteiger partial charge on any atom is -0.311 e. The molecule has 0 bridgehead atoms. The van der Waals surface area contributed by atoms with E-state index in [4.69, 9.17) is 0 Å². The Bertz CT molecular complexity index is 268. The average Bonchev–Trinajstić information content (AvgIpc) is 2.39. The molecular formula is C16H30N2. The van der Waals surface area contributed by atoms with Gasteiger partial charge in [-0.1, -0.05) is 38.3 Å². The molecule has 2 atom stereocenters. The minimum absolute atomic E-state index is 0.710. The summed E-state index contributed by atoms with van der Waals surface area (Å²) in [4.78, 5) is 2.66. The van der Waals surface area contributed by atoms with Crippen molar-refractivity contribution in [2.45, 2.75) is 64.5 Å². The Morgan fingerprint density at radius 1 is 1.28 bits per heavy atom. The van der Waals surface area contributed by atoms with Gasteiger partial charge in [-0.25, -0.2) is 0 Å². The fourth-order valence-corrected chi connectivity index (χ4v) is 3.68. The maximum atomic E-state index is 4.09. The molecule has 0 amide bonds. The van der Waals surface area contributed by atoms with Crippen molar-refractivity contribution in [2.75, 3.05) is 19.6 Å². The van der Waals surface area contributed by atoms with E-state index in [0.29, 0.717) is 6.04 Å². The molecule has 1 heterocycles. The van der Waals surface area contributed by atoms with Crippen LogP contribution in [0.1, 0.15) is 52.4 Å². The van der Waals surface area contributed by atoms with Gasteiger partial charge in [-0.15, -0.1) is 0 Å². The van der Waals surface area contributed by atoms with Gasteiger partial charge in [-0.2, -0.15) is 0 Å². The van der Waals surface area contributed by atoms with Crippen molar-refractivity contribution in [3.8, 4) is 0 Å². The molecule has 2 heteroatoms. The summed E-state index contributed by atoms with van der Waals surface area (Å²) in [5.41, 5.74) is 1.30. The molecule has 2 unspecified atom stereocenters. The molecule has 2 fully saturated rings. The monoisotopic (exact) mass is 250 g/mol. The van der Waals surface area contributed by atoms with Crippen LogP contribution in [0, 0.1) is 5.92 Å². The Kier molecular flexibility index (Phi) is 5.25. The van der Waals surface area contributed by atoms with E-state index < -0.39 is 0 Å². The van der Waals surface area contributed by atoms with Gasteiger partial charge < -0.3 is 5.32 Å². The SMILES string of the molecule is C=C(C)CN1CC(C2CCCCC2)NCC1CC. The first kappa shape index (κ1) is 14.1. The van der Waals surface area contributed by atoms with Crippen LogP contribution in [0.3, 0.4) is 0 Å². The Labute approximate surface area is 113 Å². The second-order valence-corrected chi connectivity index (χ2v) is 6.36. The number of piperazine rings is 1. The Hall–Kier alpha value is -0.340. The van der Waals surface area contributed by atoms with Crippen molar-refractivity contribution in [1.29, 1.82) is 0 Å². The third kappa shape index (κ3) is 3.58. The highest BCUT2D eigenvalue weighted by molar-refractivity contribution is 4.98. The zero-order valence-electron chi connectivity index (χ0n) is 12.3. The van der Waals surface area contributed by atoms with E-state index in [-0.39, 0.29) is 0 Å². The predicted octanol–water partition coefficient (Wildman–Crippen LogP) is 3.20. The molecule has 2 nitrogen and oxygen atoms in total. The number of hydrogen-bond donors (Lipinski definition) is 1. The van der Waals surface area contributed by atoms with Gasteiger partial charge in [0.2, 0.25) is 0 Å². The van der Waals surface area contributed by atoms with E-state index in [1.807, 2.05) is 0 Å². The molecule has 0 aromatic rings. The van der Waals surface area contributed by atoms with E-state index in [1.54, 1.807) is 0 Å². The van der Waals surface area contributed by atoms with Crippen LogP contribution >= 0.6 is 0 Å². The molecule has 2 aliphatic rings. The highest BCUT2D eigenvalue weighted by atomic mass is 15.2. The first-order chi connectivity index (χ1) is 8.70. The molecule has 0 aromatic carbocycles. The van der Waals surface area contributed by atoms with Crippen molar-refractivity contribution in [2.24, 2.45) is 5.92 Å². The average molecular weight is 250 g/mol. The topological polar surface area (TPSA) is 15.3 Å². The molecule has 0 radical (unpaired) electrons. The maximum Gasteiger partial charge on any atom is 0.0224 e. The standard InChI is InChI=1S/C16H30N2/c1-4-15-10-17-16(12-18(15)11-13(2)3)14-8-6-5-7-9-14/h14-17H,2,4-12H2,1,3H3. The fraction of sp³-hybridized carbons (Fsp3) is 0.875. The largest absolute Gasteiger partial charge is 0.311 e. The summed E-state index contributed by atoms with van der Waals surface area (Å²) in [6, 6.07) is 1.44. The van der Waals surface area contributed by atoms with Crippen molar-refractivity contribution in [3.05, 3.63) is 12.2 Å². The molecule has 1 N–H and O–H groups in total. The summed E-state index contributed by atoms with van der Waals surface area (Å²) < 4.78 is 0. The summed E-state index contributed by atoms with van der Waals surface area (Å²) >= 11 is 0. The number of nitrogens with zero attached hydrogens (tertiary/aromatic N) is 1. The highest BCUT2D eigenvalue weighted by Crippen LogP contribution is 2.28. The lowest BCUT2D eigenvalue weighted by molar-refractivity contribution is 0.102. The zero-order chi connectivity index (χ0) is 13.0. The first-order valence-corrected chi connectivity index (χ1v) is 7.82. The summed E-state index contributed by atoms with van der Waals surface area (Å²) in [6.45, 7) is 12.0. The predicted molar refractivity (Wildman–Crippen MR) is 78.8 cm³/mol. The quantitative estimate of drug-likeness (QED) is 0.771. The lowest BCUT2D eigenvalue weighted by atomic mass is 9.82. The fourth-order valence-electron chi connectivity index (χ4n) is 3.68. The molecule has 1 saturated carbocycles. The van der Waals surface area contributed by atoms with Crippen molar-refractivity contribution < 1.29 is 0 Å². The maximum absolute atomic E-state index is 4.09. The van der Waals surface area contributed by atoms with E-state index >= 15 is 0 Å². The molecule has 2 rings (SSSR count). The van der Waals surface area contributed by atoms with Crippen LogP contribution < -0.4 is 5.32 Å².